The van der Waals surface area contributed by atoms with Crippen LogP contribution in [0.4, 0.5) is 0 Å². The van der Waals surface area contributed by atoms with Gasteiger partial charge in [0.05, 0.1) is 11.3 Å². The van der Waals surface area contributed by atoms with Crippen LogP contribution in [0.5, 0.6) is 0 Å². The van der Waals surface area contributed by atoms with E-state index in [-0.39, 0.29) is 17.4 Å². The van der Waals surface area contributed by atoms with E-state index in [1.165, 1.54) is 19.3 Å². The lowest BCUT2D eigenvalue weighted by Gasteiger charge is -2.37. The van der Waals surface area contributed by atoms with Gasteiger partial charge in [-0.15, -0.1) is 0 Å². The van der Waals surface area contributed by atoms with Crippen molar-refractivity contribution in [2.75, 3.05) is 7.05 Å². The summed E-state index contributed by atoms with van der Waals surface area (Å²) < 4.78 is 1.83. The summed E-state index contributed by atoms with van der Waals surface area (Å²) in [5.41, 5.74) is 3.03. The number of amides is 1. The molecule has 0 aromatic carbocycles. The third kappa shape index (κ3) is 3.61. The summed E-state index contributed by atoms with van der Waals surface area (Å²) in [7, 11) is 3.85. The molecule has 0 radical (unpaired) electrons. The van der Waals surface area contributed by atoms with Crippen LogP contribution in [0.25, 0.3) is 0 Å². The second-order valence-electron chi connectivity index (χ2n) is 8.61. The molecule has 2 rings (SSSR count). The molecule has 0 unspecified atom stereocenters. The van der Waals surface area contributed by atoms with Crippen molar-refractivity contribution in [2.24, 2.45) is 12.5 Å². The van der Waals surface area contributed by atoms with Crippen molar-refractivity contribution in [3.63, 3.8) is 0 Å². The smallest absolute Gasteiger partial charge is 0.257 e. The van der Waals surface area contributed by atoms with Gasteiger partial charge in [-0.05, 0) is 57.8 Å². The van der Waals surface area contributed by atoms with Gasteiger partial charge in [0, 0.05) is 25.3 Å². The van der Waals surface area contributed by atoms with E-state index >= 15 is 0 Å². The minimum absolute atomic E-state index is 0.102. The van der Waals surface area contributed by atoms with Crippen molar-refractivity contribution >= 4 is 5.91 Å². The topological polar surface area (TPSA) is 38.1 Å². The van der Waals surface area contributed by atoms with Crippen molar-refractivity contribution in [3.05, 3.63) is 17.0 Å². The Hall–Kier alpha value is -1.32. The molecule has 130 valence electrons. The average Bonchev–Trinajstić information content (AvgIpc) is 3.13. The van der Waals surface area contributed by atoms with Crippen molar-refractivity contribution in [2.45, 2.75) is 78.7 Å². The summed E-state index contributed by atoms with van der Waals surface area (Å²) in [6.07, 6.45) is 4.91. The number of aromatic nitrogens is 2. The maximum atomic E-state index is 13.2. The van der Waals surface area contributed by atoms with Crippen LogP contribution in [0.3, 0.4) is 0 Å². The number of aryl methyl sites for hydroxylation is 1. The van der Waals surface area contributed by atoms with Crippen LogP contribution in [0.1, 0.15) is 88.0 Å². The summed E-state index contributed by atoms with van der Waals surface area (Å²) in [5, 5.41) is 4.56. The number of hydrogen-bond donors (Lipinski definition) is 0. The maximum absolute atomic E-state index is 13.2. The first-order valence-electron chi connectivity index (χ1n) is 8.80. The largest absolute Gasteiger partial charge is 0.336 e. The number of carbonyl (C=O) groups excluding carboxylic acids is 1. The van der Waals surface area contributed by atoms with E-state index in [4.69, 9.17) is 0 Å². The third-order valence-electron chi connectivity index (χ3n) is 5.78. The van der Waals surface area contributed by atoms with Gasteiger partial charge in [0.25, 0.3) is 5.91 Å². The van der Waals surface area contributed by atoms with Gasteiger partial charge in [0.2, 0.25) is 0 Å². The van der Waals surface area contributed by atoms with Crippen LogP contribution < -0.4 is 0 Å². The molecular weight excluding hydrogens is 286 g/mol. The summed E-state index contributed by atoms with van der Waals surface area (Å²) in [4.78, 5) is 15.1. The molecule has 1 aliphatic carbocycles. The minimum Gasteiger partial charge on any atom is -0.336 e. The first-order chi connectivity index (χ1) is 10.5. The van der Waals surface area contributed by atoms with Gasteiger partial charge >= 0.3 is 0 Å². The lowest BCUT2D eigenvalue weighted by atomic mass is 9.89. The van der Waals surface area contributed by atoms with Crippen LogP contribution in [-0.4, -0.2) is 33.2 Å². The Kier molecular flexibility index (Phi) is 4.67. The van der Waals surface area contributed by atoms with E-state index in [0.29, 0.717) is 5.41 Å². The molecule has 4 heteroatoms. The van der Waals surface area contributed by atoms with E-state index in [1.807, 2.05) is 30.6 Å². The molecule has 0 bridgehead atoms. The highest BCUT2D eigenvalue weighted by atomic mass is 16.2. The second-order valence-corrected chi connectivity index (χ2v) is 8.61. The van der Waals surface area contributed by atoms with E-state index in [2.05, 4.69) is 39.7 Å². The van der Waals surface area contributed by atoms with Gasteiger partial charge in [-0.25, -0.2) is 0 Å². The van der Waals surface area contributed by atoms with E-state index in [9.17, 15) is 4.79 Å². The molecular formula is C19H33N3O. The zero-order chi connectivity index (χ0) is 17.6. The van der Waals surface area contributed by atoms with Crippen LogP contribution >= 0.6 is 0 Å². The Morgan fingerprint density at radius 3 is 2.43 bits per heavy atom. The number of hydrogen-bond acceptors (Lipinski definition) is 2. The normalized spacial score (nSPS) is 16.7. The molecule has 1 saturated carbocycles. The number of rotatable bonds is 6. The van der Waals surface area contributed by atoms with Gasteiger partial charge in [0.15, 0.2) is 0 Å². The lowest BCUT2D eigenvalue weighted by Crippen LogP contribution is -2.45. The molecule has 1 heterocycles. The molecule has 0 N–H and O–H groups in total. The average molecular weight is 319 g/mol. The highest BCUT2D eigenvalue weighted by molar-refractivity contribution is 5.97. The highest BCUT2D eigenvalue weighted by Gasteiger charge is 2.40. The summed E-state index contributed by atoms with van der Waals surface area (Å²) in [5.74, 6) is 0.348. The molecule has 1 fully saturated rings. The molecule has 0 aliphatic heterocycles. The Bertz CT molecular complexity index is 594. The van der Waals surface area contributed by atoms with Gasteiger partial charge < -0.3 is 4.90 Å². The first kappa shape index (κ1) is 18.0. The van der Waals surface area contributed by atoms with Crippen LogP contribution in [0.2, 0.25) is 0 Å². The quantitative estimate of drug-likeness (QED) is 0.785. The van der Waals surface area contributed by atoms with Crippen LogP contribution in [0.15, 0.2) is 0 Å². The Morgan fingerprint density at radius 2 is 1.96 bits per heavy atom. The molecule has 1 aromatic heterocycles. The van der Waals surface area contributed by atoms with Gasteiger partial charge in [0.1, 0.15) is 0 Å². The second kappa shape index (κ2) is 5.95. The molecule has 1 amide bonds. The first-order valence-corrected chi connectivity index (χ1v) is 8.80. The molecule has 0 spiro atoms. The van der Waals surface area contributed by atoms with Crippen molar-refractivity contribution < 1.29 is 4.79 Å². The Labute approximate surface area is 141 Å². The SMILES string of the molecule is Cc1c(C(=O)N(C)C(C)(C)CCC2(C)CC2)c(C(C)C)nn1C. The summed E-state index contributed by atoms with van der Waals surface area (Å²) in [6, 6.07) is 0. The minimum atomic E-state index is -0.140. The standard InChI is InChI=1S/C19H33N3O/c1-13(2)16-15(14(3)22(8)20-16)17(23)21(7)18(4,5)9-10-19(6)11-12-19/h13H,9-12H2,1-8H3. The zero-order valence-corrected chi connectivity index (χ0v) is 16.2. The molecule has 1 aromatic rings. The van der Waals surface area contributed by atoms with E-state index in [0.717, 1.165) is 23.4 Å². The predicted molar refractivity (Wildman–Crippen MR) is 94.8 cm³/mol. The molecule has 0 saturated heterocycles. The molecule has 4 nitrogen and oxygen atoms in total. The van der Waals surface area contributed by atoms with Gasteiger partial charge in [-0.1, -0.05) is 20.8 Å². The fourth-order valence-corrected chi connectivity index (χ4v) is 2.98. The van der Waals surface area contributed by atoms with Crippen molar-refractivity contribution in [3.8, 4) is 0 Å². The van der Waals surface area contributed by atoms with E-state index in [1.54, 1.807) is 0 Å². The summed E-state index contributed by atoms with van der Waals surface area (Å²) in [6.45, 7) is 12.9. The van der Waals surface area contributed by atoms with Crippen LogP contribution in [-0.2, 0) is 7.05 Å². The fraction of sp³-hybridized carbons (Fsp3) is 0.789. The predicted octanol–water partition coefficient (Wildman–Crippen LogP) is 4.28. The molecule has 23 heavy (non-hydrogen) atoms. The fourth-order valence-electron chi connectivity index (χ4n) is 2.98. The summed E-state index contributed by atoms with van der Waals surface area (Å²) >= 11 is 0. The molecule has 0 atom stereocenters. The lowest BCUT2D eigenvalue weighted by molar-refractivity contribution is 0.0595. The zero-order valence-electron chi connectivity index (χ0n) is 16.2. The van der Waals surface area contributed by atoms with Crippen molar-refractivity contribution in [1.29, 1.82) is 0 Å². The molecule has 1 aliphatic rings. The third-order valence-corrected chi connectivity index (χ3v) is 5.78. The Morgan fingerprint density at radius 1 is 1.39 bits per heavy atom. The Balaban J connectivity index is 2.21. The maximum Gasteiger partial charge on any atom is 0.257 e. The van der Waals surface area contributed by atoms with Gasteiger partial charge in [-0.2, -0.15) is 5.10 Å². The highest BCUT2D eigenvalue weighted by Crippen LogP contribution is 2.50. The number of carbonyl (C=O) groups is 1. The van der Waals surface area contributed by atoms with Crippen LogP contribution in [0, 0.1) is 12.3 Å². The monoisotopic (exact) mass is 319 g/mol. The van der Waals surface area contributed by atoms with Crippen molar-refractivity contribution in [1.82, 2.24) is 14.7 Å². The number of nitrogens with zero attached hydrogens (tertiary/aromatic N) is 3. The van der Waals surface area contributed by atoms with Gasteiger partial charge in [-0.3, -0.25) is 9.48 Å². The van der Waals surface area contributed by atoms with E-state index < -0.39 is 0 Å².